The first-order valence-corrected chi connectivity index (χ1v) is 12.7. The van der Waals surface area contributed by atoms with Gasteiger partial charge in [0.15, 0.2) is 14.6 Å². The molecule has 1 amide bonds. The summed E-state index contributed by atoms with van der Waals surface area (Å²) in [5.74, 6) is -0.403. The van der Waals surface area contributed by atoms with Gasteiger partial charge < -0.3 is 18.8 Å². The lowest BCUT2D eigenvalue weighted by Crippen LogP contribution is -2.23. The van der Waals surface area contributed by atoms with E-state index in [2.05, 4.69) is 4.99 Å². The molecule has 0 fully saturated rings. The van der Waals surface area contributed by atoms with E-state index in [1.165, 1.54) is 11.3 Å². The average Bonchev–Trinajstić information content (AvgIpc) is 3.11. The molecule has 8 nitrogen and oxygen atoms in total. The number of sulfone groups is 1. The number of amides is 1. The monoisotopic (exact) mass is 478 g/mol. The zero-order valence-electron chi connectivity index (χ0n) is 18.2. The Labute approximate surface area is 191 Å². The van der Waals surface area contributed by atoms with Crippen molar-refractivity contribution in [1.82, 2.24) is 4.57 Å². The fourth-order valence-electron chi connectivity index (χ4n) is 3.25. The smallest absolute Gasteiger partial charge is 0.263 e. The summed E-state index contributed by atoms with van der Waals surface area (Å²) in [5, 5.41) is 0. The number of nitrogens with zero attached hydrogens (tertiary/aromatic N) is 2. The normalized spacial score (nSPS) is 12.3. The number of methoxy groups -OCH3 is 2. The lowest BCUT2D eigenvalue weighted by atomic mass is 10.2. The molecule has 0 unspecified atom stereocenters. The Hall–Kier alpha value is -2.69. The van der Waals surface area contributed by atoms with Crippen LogP contribution in [-0.4, -0.2) is 52.1 Å². The van der Waals surface area contributed by atoms with Crippen LogP contribution in [0.3, 0.4) is 0 Å². The second-order valence-electron chi connectivity index (χ2n) is 6.90. The second kappa shape index (κ2) is 10.8. The number of rotatable bonds is 10. The van der Waals surface area contributed by atoms with Crippen molar-refractivity contribution in [1.29, 1.82) is 0 Å². The third-order valence-electron chi connectivity index (χ3n) is 4.65. The molecule has 0 bridgehead atoms. The van der Waals surface area contributed by atoms with Crippen molar-refractivity contribution in [3.05, 3.63) is 52.8 Å². The van der Waals surface area contributed by atoms with E-state index in [4.69, 9.17) is 14.2 Å². The van der Waals surface area contributed by atoms with E-state index >= 15 is 0 Å². The van der Waals surface area contributed by atoms with E-state index in [1.807, 2.05) is 13.0 Å². The van der Waals surface area contributed by atoms with E-state index in [0.29, 0.717) is 41.6 Å². The van der Waals surface area contributed by atoms with Crippen LogP contribution in [0, 0.1) is 0 Å². The topological polar surface area (TPSA) is 96.2 Å². The number of aromatic nitrogens is 1. The molecule has 0 atom stereocenters. The van der Waals surface area contributed by atoms with Crippen LogP contribution >= 0.6 is 11.3 Å². The maximum atomic E-state index is 12.6. The molecule has 1 heterocycles. The Morgan fingerprint density at radius 3 is 2.41 bits per heavy atom. The maximum absolute atomic E-state index is 12.6. The summed E-state index contributed by atoms with van der Waals surface area (Å²) in [6.07, 6.45) is 0. The van der Waals surface area contributed by atoms with Crippen LogP contribution in [0.4, 0.5) is 0 Å². The Kier molecular flexibility index (Phi) is 8.05. The standard InChI is InChI=1S/C22H26N2O6S2/c1-4-30-13-12-24-20-17(28-2)10-11-18(29-3)21(20)31-22(24)23-19(25)15-32(26,27)14-16-8-6-5-7-9-16/h5-11H,4,12-15H2,1-3H3. The number of carbonyl (C=O) groups excluding carboxylic acids is 1. The molecular weight excluding hydrogens is 452 g/mol. The van der Waals surface area contributed by atoms with Crippen molar-refractivity contribution in [2.24, 2.45) is 4.99 Å². The highest BCUT2D eigenvalue weighted by atomic mass is 32.2. The molecule has 0 saturated carbocycles. The molecule has 172 valence electrons. The molecule has 32 heavy (non-hydrogen) atoms. The van der Waals surface area contributed by atoms with Gasteiger partial charge in [0.05, 0.1) is 26.6 Å². The Morgan fingerprint density at radius 1 is 1.06 bits per heavy atom. The predicted molar refractivity (Wildman–Crippen MR) is 124 cm³/mol. The minimum absolute atomic E-state index is 0.215. The van der Waals surface area contributed by atoms with Crippen molar-refractivity contribution >= 4 is 37.3 Å². The number of carbonyl (C=O) groups is 1. The number of hydrogen-bond donors (Lipinski definition) is 0. The first-order valence-electron chi connectivity index (χ1n) is 10.0. The van der Waals surface area contributed by atoms with Gasteiger partial charge in [0.2, 0.25) is 0 Å². The summed E-state index contributed by atoms with van der Waals surface area (Å²) in [5.41, 5.74) is 1.35. The minimum Gasteiger partial charge on any atom is -0.495 e. The van der Waals surface area contributed by atoms with Crippen LogP contribution in [-0.2, 0) is 31.7 Å². The minimum atomic E-state index is -3.67. The molecule has 0 aliphatic rings. The van der Waals surface area contributed by atoms with Gasteiger partial charge in [-0.25, -0.2) is 8.42 Å². The Bertz CT molecular complexity index is 1250. The second-order valence-corrected chi connectivity index (χ2v) is 9.95. The Morgan fingerprint density at radius 2 is 1.75 bits per heavy atom. The number of ether oxygens (including phenoxy) is 3. The zero-order chi connectivity index (χ0) is 23.1. The van der Waals surface area contributed by atoms with Crippen molar-refractivity contribution in [3.8, 4) is 11.5 Å². The molecule has 0 spiro atoms. The number of thiazole rings is 1. The lowest BCUT2D eigenvalue weighted by Gasteiger charge is -2.10. The number of fused-ring (bicyclic) bond motifs is 1. The van der Waals surface area contributed by atoms with Crippen LogP contribution in [0.15, 0.2) is 47.5 Å². The number of benzene rings is 2. The highest BCUT2D eigenvalue weighted by molar-refractivity contribution is 7.91. The van der Waals surface area contributed by atoms with E-state index in [0.717, 1.165) is 10.2 Å². The first-order chi connectivity index (χ1) is 15.4. The zero-order valence-corrected chi connectivity index (χ0v) is 19.9. The molecule has 0 saturated heterocycles. The van der Waals surface area contributed by atoms with Gasteiger partial charge in [0, 0.05) is 13.2 Å². The van der Waals surface area contributed by atoms with Crippen molar-refractivity contribution in [2.45, 2.75) is 19.2 Å². The quantitative estimate of drug-likeness (QED) is 0.416. The van der Waals surface area contributed by atoms with Gasteiger partial charge in [0.1, 0.15) is 27.5 Å². The van der Waals surface area contributed by atoms with Crippen LogP contribution in [0.25, 0.3) is 10.2 Å². The molecule has 1 aromatic heterocycles. The summed E-state index contributed by atoms with van der Waals surface area (Å²) < 4.78 is 44.1. The first kappa shape index (κ1) is 24.0. The van der Waals surface area contributed by atoms with E-state index in [9.17, 15) is 13.2 Å². The summed E-state index contributed by atoms with van der Waals surface area (Å²) in [7, 11) is -0.547. The van der Waals surface area contributed by atoms with Gasteiger partial charge in [-0.05, 0) is 24.6 Å². The van der Waals surface area contributed by atoms with Crippen molar-refractivity contribution < 1.29 is 27.4 Å². The molecule has 2 aromatic carbocycles. The van der Waals surface area contributed by atoms with Gasteiger partial charge >= 0.3 is 0 Å². The highest BCUT2D eigenvalue weighted by Gasteiger charge is 2.20. The largest absolute Gasteiger partial charge is 0.495 e. The van der Waals surface area contributed by atoms with E-state index in [1.54, 1.807) is 55.2 Å². The van der Waals surface area contributed by atoms with E-state index < -0.39 is 21.5 Å². The molecular formula is C22H26N2O6S2. The number of hydrogen-bond acceptors (Lipinski definition) is 7. The van der Waals surface area contributed by atoms with Crippen molar-refractivity contribution in [2.75, 3.05) is 33.2 Å². The molecule has 10 heteroatoms. The molecule has 0 aliphatic heterocycles. The van der Waals surface area contributed by atoms with Crippen LogP contribution in [0.2, 0.25) is 0 Å². The summed E-state index contributed by atoms with van der Waals surface area (Å²) >= 11 is 1.24. The van der Waals surface area contributed by atoms with Gasteiger partial charge in [-0.2, -0.15) is 4.99 Å². The SMILES string of the molecule is CCOCCn1c(=NC(=O)CS(=O)(=O)Cc2ccccc2)sc2c(OC)ccc(OC)c21. The molecule has 0 aliphatic carbocycles. The third-order valence-corrected chi connectivity index (χ3v) is 7.20. The van der Waals surface area contributed by atoms with Crippen LogP contribution in [0.1, 0.15) is 12.5 Å². The van der Waals surface area contributed by atoms with E-state index in [-0.39, 0.29) is 5.75 Å². The van der Waals surface area contributed by atoms with Gasteiger partial charge in [-0.1, -0.05) is 41.7 Å². The molecule has 3 aromatic rings. The van der Waals surface area contributed by atoms with Gasteiger partial charge in [0.25, 0.3) is 5.91 Å². The molecule has 0 radical (unpaired) electrons. The highest BCUT2D eigenvalue weighted by Crippen LogP contribution is 2.35. The third kappa shape index (κ3) is 5.76. The fourth-order valence-corrected chi connectivity index (χ4v) is 5.68. The maximum Gasteiger partial charge on any atom is 0.263 e. The van der Waals surface area contributed by atoms with Crippen LogP contribution in [0.5, 0.6) is 11.5 Å². The van der Waals surface area contributed by atoms with Gasteiger partial charge in [-0.15, -0.1) is 0 Å². The summed E-state index contributed by atoms with van der Waals surface area (Å²) in [6.45, 7) is 3.26. The lowest BCUT2D eigenvalue weighted by molar-refractivity contribution is -0.115. The van der Waals surface area contributed by atoms with Crippen molar-refractivity contribution in [3.63, 3.8) is 0 Å². The summed E-state index contributed by atoms with van der Waals surface area (Å²) in [4.78, 5) is 17.2. The fraction of sp³-hybridized carbons (Fsp3) is 0.364. The predicted octanol–water partition coefficient (Wildman–Crippen LogP) is 2.80. The Balaban J connectivity index is 2.00. The summed E-state index contributed by atoms with van der Waals surface area (Å²) in [6, 6.07) is 12.3. The van der Waals surface area contributed by atoms with Crippen LogP contribution < -0.4 is 14.3 Å². The molecule has 0 N–H and O–H groups in total. The van der Waals surface area contributed by atoms with Gasteiger partial charge in [-0.3, -0.25) is 4.79 Å². The molecule has 3 rings (SSSR count). The average molecular weight is 479 g/mol.